The summed E-state index contributed by atoms with van der Waals surface area (Å²) in [4.78, 5) is 24.8. The molecular formula is C11H17N5O2. The fraction of sp³-hybridized carbons (Fsp3) is 0.636. The van der Waals surface area contributed by atoms with Crippen LogP contribution in [0.3, 0.4) is 0 Å². The molecule has 2 amide bonds. The number of nitrogens with one attached hydrogen (secondary N) is 1. The van der Waals surface area contributed by atoms with Gasteiger partial charge in [-0.2, -0.15) is 0 Å². The van der Waals surface area contributed by atoms with Crippen LogP contribution in [-0.2, 0) is 16.6 Å². The Morgan fingerprint density at radius 2 is 2.28 bits per heavy atom. The molecule has 7 nitrogen and oxygen atoms in total. The molecule has 98 valence electrons. The lowest BCUT2D eigenvalue weighted by Crippen LogP contribution is -2.40. The maximum absolute atomic E-state index is 11.9. The summed E-state index contributed by atoms with van der Waals surface area (Å²) < 4.78 is 1.79. The smallest absolute Gasteiger partial charge is 0.246 e. The molecular weight excluding hydrogens is 234 g/mol. The minimum absolute atomic E-state index is 0.120. The van der Waals surface area contributed by atoms with Gasteiger partial charge in [-0.25, -0.2) is 0 Å². The van der Waals surface area contributed by atoms with E-state index in [1.807, 2.05) is 14.0 Å². The van der Waals surface area contributed by atoms with Gasteiger partial charge in [0.1, 0.15) is 12.2 Å². The molecule has 7 heteroatoms. The maximum atomic E-state index is 11.9. The van der Waals surface area contributed by atoms with Crippen molar-refractivity contribution in [3.8, 4) is 0 Å². The van der Waals surface area contributed by atoms with Crippen molar-refractivity contribution in [2.75, 3.05) is 6.54 Å². The number of carbonyl (C=O) groups excluding carboxylic acids is 2. The molecule has 1 N–H and O–H groups in total. The Bertz CT molecular complexity index is 470. The van der Waals surface area contributed by atoms with Crippen LogP contribution in [-0.4, -0.2) is 44.1 Å². The quantitative estimate of drug-likeness (QED) is 0.737. The highest BCUT2D eigenvalue weighted by molar-refractivity contribution is 6.05. The van der Waals surface area contributed by atoms with E-state index in [-0.39, 0.29) is 24.3 Å². The maximum Gasteiger partial charge on any atom is 0.246 e. The molecule has 1 aliphatic rings. The van der Waals surface area contributed by atoms with Gasteiger partial charge in [0.15, 0.2) is 0 Å². The number of aromatic nitrogens is 3. The van der Waals surface area contributed by atoms with Crippen LogP contribution in [0.2, 0.25) is 0 Å². The number of imide groups is 1. The zero-order chi connectivity index (χ0) is 13.3. The normalized spacial score (nSPS) is 21.7. The molecule has 1 aromatic rings. The van der Waals surface area contributed by atoms with Crippen molar-refractivity contribution in [2.45, 2.75) is 32.4 Å². The minimum atomic E-state index is -0.454. The minimum Gasteiger partial charge on any atom is -0.319 e. The fourth-order valence-corrected chi connectivity index (χ4v) is 2.21. The Morgan fingerprint density at radius 3 is 2.78 bits per heavy atom. The summed E-state index contributed by atoms with van der Waals surface area (Å²) in [6.07, 6.45) is 1.82. The van der Waals surface area contributed by atoms with Crippen molar-refractivity contribution < 1.29 is 9.59 Å². The molecule has 2 unspecified atom stereocenters. The van der Waals surface area contributed by atoms with Crippen molar-refractivity contribution in [3.05, 3.63) is 12.2 Å². The zero-order valence-electron chi connectivity index (χ0n) is 10.8. The SMILES string of the molecule is CCN1C(=O)CC(NC(C)c2nncn2C)C1=O. The Kier molecular flexibility index (Phi) is 3.42. The van der Waals surface area contributed by atoms with Crippen LogP contribution in [0.25, 0.3) is 0 Å². The number of rotatable bonds is 4. The second kappa shape index (κ2) is 4.85. The van der Waals surface area contributed by atoms with Crippen LogP contribution < -0.4 is 5.32 Å². The van der Waals surface area contributed by atoms with Gasteiger partial charge in [-0.15, -0.1) is 10.2 Å². The van der Waals surface area contributed by atoms with Gasteiger partial charge in [0, 0.05) is 13.6 Å². The predicted octanol–water partition coefficient (Wildman–Crippen LogP) is -0.387. The average molecular weight is 251 g/mol. The molecule has 0 aliphatic carbocycles. The highest BCUT2D eigenvalue weighted by atomic mass is 16.2. The first kappa shape index (κ1) is 12.7. The zero-order valence-corrected chi connectivity index (χ0v) is 10.8. The van der Waals surface area contributed by atoms with Crippen LogP contribution in [0.1, 0.15) is 32.1 Å². The molecule has 0 bridgehead atoms. The number of likely N-dealkylation sites (tertiary alicyclic amines) is 1. The van der Waals surface area contributed by atoms with Gasteiger partial charge in [0.05, 0.1) is 18.5 Å². The molecule has 18 heavy (non-hydrogen) atoms. The monoisotopic (exact) mass is 251 g/mol. The van der Waals surface area contributed by atoms with Crippen LogP contribution in [0, 0.1) is 0 Å². The lowest BCUT2D eigenvalue weighted by atomic mass is 10.2. The molecule has 0 saturated carbocycles. The molecule has 2 heterocycles. The Morgan fingerprint density at radius 1 is 1.56 bits per heavy atom. The standard InChI is InChI=1S/C11H17N5O2/c1-4-16-9(17)5-8(11(16)18)13-7(2)10-14-12-6-15(10)3/h6-8,13H,4-5H2,1-3H3. The molecule has 0 aromatic carbocycles. The van der Waals surface area contributed by atoms with Crippen molar-refractivity contribution in [1.82, 2.24) is 25.0 Å². The molecule has 2 rings (SSSR count). The van der Waals surface area contributed by atoms with E-state index in [4.69, 9.17) is 0 Å². The van der Waals surface area contributed by atoms with Crippen LogP contribution >= 0.6 is 0 Å². The van der Waals surface area contributed by atoms with Gasteiger partial charge >= 0.3 is 0 Å². The predicted molar refractivity (Wildman–Crippen MR) is 63.4 cm³/mol. The summed E-state index contributed by atoms with van der Waals surface area (Å²) >= 11 is 0. The van der Waals surface area contributed by atoms with E-state index in [1.165, 1.54) is 4.90 Å². The van der Waals surface area contributed by atoms with E-state index in [0.717, 1.165) is 5.82 Å². The Hall–Kier alpha value is -1.76. The molecule has 1 aliphatic heterocycles. The second-order valence-electron chi connectivity index (χ2n) is 4.42. The molecule has 1 fully saturated rings. The summed E-state index contributed by atoms with van der Waals surface area (Å²) in [6, 6.07) is -0.583. The first-order valence-electron chi connectivity index (χ1n) is 5.98. The van der Waals surface area contributed by atoms with E-state index < -0.39 is 6.04 Å². The van der Waals surface area contributed by atoms with E-state index in [9.17, 15) is 9.59 Å². The van der Waals surface area contributed by atoms with Crippen molar-refractivity contribution in [1.29, 1.82) is 0 Å². The third-order valence-electron chi connectivity index (χ3n) is 3.15. The third kappa shape index (κ3) is 2.13. The van der Waals surface area contributed by atoms with E-state index in [2.05, 4.69) is 15.5 Å². The highest BCUT2D eigenvalue weighted by Crippen LogP contribution is 2.16. The second-order valence-corrected chi connectivity index (χ2v) is 4.42. The number of hydrogen-bond acceptors (Lipinski definition) is 5. The molecule has 0 spiro atoms. The van der Waals surface area contributed by atoms with E-state index in [0.29, 0.717) is 6.54 Å². The van der Waals surface area contributed by atoms with Gasteiger partial charge in [0.25, 0.3) is 0 Å². The van der Waals surface area contributed by atoms with Crippen LogP contribution in [0.4, 0.5) is 0 Å². The first-order chi connectivity index (χ1) is 8.54. The summed E-state index contributed by atoms with van der Waals surface area (Å²) in [5.41, 5.74) is 0. The first-order valence-corrected chi connectivity index (χ1v) is 5.98. The van der Waals surface area contributed by atoms with Crippen molar-refractivity contribution >= 4 is 11.8 Å². The van der Waals surface area contributed by atoms with Crippen molar-refractivity contribution in [2.24, 2.45) is 7.05 Å². The number of nitrogens with zero attached hydrogens (tertiary/aromatic N) is 4. The third-order valence-corrected chi connectivity index (χ3v) is 3.15. The number of likely N-dealkylation sites (N-methyl/N-ethyl adjacent to an activating group) is 1. The molecule has 0 radical (unpaired) electrons. The van der Waals surface area contributed by atoms with Crippen LogP contribution in [0.15, 0.2) is 6.33 Å². The highest BCUT2D eigenvalue weighted by Gasteiger charge is 2.38. The number of amides is 2. The topological polar surface area (TPSA) is 80.1 Å². The number of carbonyl (C=O) groups is 2. The Labute approximate surface area is 105 Å². The van der Waals surface area contributed by atoms with Gasteiger partial charge in [-0.1, -0.05) is 0 Å². The Balaban J connectivity index is 2.05. The van der Waals surface area contributed by atoms with Gasteiger partial charge in [-0.3, -0.25) is 19.8 Å². The largest absolute Gasteiger partial charge is 0.319 e. The van der Waals surface area contributed by atoms with E-state index >= 15 is 0 Å². The molecule has 2 atom stereocenters. The van der Waals surface area contributed by atoms with Gasteiger partial charge in [0.2, 0.25) is 11.8 Å². The number of hydrogen-bond donors (Lipinski definition) is 1. The fourth-order valence-electron chi connectivity index (χ4n) is 2.21. The van der Waals surface area contributed by atoms with Crippen LogP contribution in [0.5, 0.6) is 0 Å². The summed E-state index contributed by atoms with van der Waals surface area (Å²) in [7, 11) is 1.84. The van der Waals surface area contributed by atoms with Crippen molar-refractivity contribution in [3.63, 3.8) is 0 Å². The summed E-state index contributed by atoms with van der Waals surface area (Å²) in [5, 5.41) is 10.9. The number of aryl methyl sites for hydroxylation is 1. The lowest BCUT2D eigenvalue weighted by Gasteiger charge is -2.17. The lowest BCUT2D eigenvalue weighted by molar-refractivity contribution is -0.138. The summed E-state index contributed by atoms with van der Waals surface area (Å²) in [5.74, 6) is 0.465. The molecule has 1 saturated heterocycles. The molecule has 1 aromatic heterocycles. The summed E-state index contributed by atoms with van der Waals surface area (Å²) in [6.45, 7) is 4.12. The average Bonchev–Trinajstić information content (AvgIpc) is 2.84. The van der Waals surface area contributed by atoms with Gasteiger partial charge in [-0.05, 0) is 13.8 Å². The van der Waals surface area contributed by atoms with E-state index in [1.54, 1.807) is 17.8 Å². The van der Waals surface area contributed by atoms with Gasteiger partial charge < -0.3 is 4.57 Å².